The van der Waals surface area contributed by atoms with Crippen LogP contribution in [0.2, 0.25) is 0 Å². The Kier molecular flexibility index (Phi) is 4.29. The summed E-state index contributed by atoms with van der Waals surface area (Å²) in [5, 5.41) is 10.3. The lowest BCUT2D eigenvalue weighted by Gasteiger charge is -2.19. The van der Waals surface area contributed by atoms with Crippen molar-refractivity contribution in [2.75, 3.05) is 19.7 Å². The van der Waals surface area contributed by atoms with Gasteiger partial charge in [-0.1, -0.05) is 29.5 Å². The Morgan fingerprint density at radius 1 is 1.37 bits per heavy atom. The number of fused-ring (bicyclic) bond motifs is 1. The second kappa shape index (κ2) is 5.95. The molecule has 0 aliphatic carbocycles. The molecule has 2 rings (SSSR count). The molecule has 0 atom stereocenters. The molecule has 0 bridgehead atoms. The number of nitrogens with zero attached hydrogens (tertiary/aromatic N) is 1. The van der Waals surface area contributed by atoms with Crippen LogP contribution in [0.15, 0.2) is 35.1 Å². The Bertz CT molecular complexity index is 650. The van der Waals surface area contributed by atoms with Crippen molar-refractivity contribution < 1.29 is 9.90 Å². The van der Waals surface area contributed by atoms with Gasteiger partial charge < -0.3 is 10.0 Å². The van der Waals surface area contributed by atoms with Crippen LogP contribution in [-0.2, 0) is 0 Å². The largest absolute Gasteiger partial charge is 0.395 e. The SMILES string of the molecule is CCN(CCO)C(=O)c1cc2ccccc2c(=O)s1. The smallest absolute Gasteiger partial charge is 0.264 e. The highest BCUT2D eigenvalue weighted by Crippen LogP contribution is 2.16. The van der Waals surface area contributed by atoms with E-state index in [2.05, 4.69) is 0 Å². The first-order valence-electron chi connectivity index (χ1n) is 6.10. The minimum atomic E-state index is -0.204. The number of amides is 1. The number of benzene rings is 1. The van der Waals surface area contributed by atoms with Crippen molar-refractivity contribution in [2.24, 2.45) is 0 Å². The molecule has 1 aromatic heterocycles. The summed E-state index contributed by atoms with van der Waals surface area (Å²) >= 11 is 0.956. The monoisotopic (exact) mass is 277 g/mol. The average molecular weight is 277 g/mol. The molecule has 1 heterocycles. The number of aliphatic hydroxyl groups excluding tert-OH is 1. The van der Waals surface area contributed by atoms with E-state index in [0.29, 0.717) is 16.8 Å². The van der Waals surface area contributed by atoms with Gasteiger partial charge in [-0.2, -0.15) is 0 Å². The lowest BCUT2D eigenvalue weighted by molar-refractivity contribution is 0.0737. The van der Waals surface area contributed by atoms with Crippen molar-refractivity contribution in [1.29, 1.82) is 0 Å². The second-order valence-electron chi connectivity index (χ2n) is 4.09. The number of carbonyl (C=O) groups excluding carboxylic acids is 1. The lowest BCUT2D eigenvalue weighted by Crippen LogP contribution is -2.33. The maximum atomic E-state index is 12.2. The number of hydrogen-bond acceptors (Lipinski definition) is 4. The van der Waals surface area contributed by atoms with Gasteiger partial charge in [0, 0.05) is 18.5 Å². The fraction of sp³-hybridized carbons (Fsp3) is 0.286. The standard InChI is InChI=1S/C14H15NO3S/c1-2-15(7-8-16)13(17)12-9-10-5-3-4-6-11(10)14(18)19-12/h3-6,9,16H,2,7-8H2,1H3. The molecule has 2 aromatic rings. The highest BCUT2D eigenvalue weighted by molar-refractivity contribution is 7.12. The van der Waals surface area contributed by atoms with Crippen LogP contribution < -0.4 is 4.74 Å². The third kappa shape index (κ3) is 2.83. The van der Waals surface area contributed by atoms with Crippen LogP contribution in [0.4, 0.5) is 0 Å². The normalized spacial score (nSPS) is 10.6. The molecule has 0 unspecified atom stereocenters. The quantitative estimate of drug-likeness (QED) is 0.925. The zero-order valence-electron chi connectivity index (χ0n) is 10.6. The summed E-state index contributed by atoms with van der Waals surface area (Å²) in [6, 6.07) is 8.97. The molecular weight excluding hydrogens is 262 g/mol. The van der Waals surface area contributed by atoms with Crippen molar-refractivity contribution >= 4 is 28.0 Å². The van der Waals surface area contributed by atoms with E-state index in [9.17, 15) is 9.59 Å². The minimum Gasteiger partial charge on any atom is -0.395 e. The van der Waals surface area contributed by atoms with Crippen LogP contribution >= 0.6 is 11.3 Å². The first-order valence-corrected chi connectivity index (χ1v) is 6.92. The second-order valence-corrected chi connectivity index (χ2v) is 5.11. The van der Waals surface area contributed by atoms with Gasteiger partial charge in [0.05, 0.1) is 11.5 Å². The van der Waals surface area contributed by atoms with Gasteiger partial charge in [-0.25, -0.2) is 0 Å². The van der Waals surface area contributed by atoms with E-state index < -0.39 is 0 Å². The highest BCUT2D eigenvalue weighted by Gasteiger charge is 2.16. The first-order chi connectivity index (χ1) is 9.17. The number of aliphatic hydroxyl groups is 1. The van der Waals surface area contributed by atoms with Crippen LogP contribution in [0, 0.1) is 0 Å². The van der Waals surface area contributed by atoms with Gasteiger partial charge in [-0.15, -0.1) is 0 Å². The van der Waals surface area contributed by atoms with E-state index in [1.54, 1.807) is 12.1 Å². The van der Waals surface area contributed by atoms with Crippen LogP contribution in [0.5, 0.6) is 0 Å². The van der Waals surface area contributed by atoms with Crippen LogP contribution in [0.1, 0.15) is 16.6 Å². The zero-order chi connectivity index (χ0) is 13.8. The van der Waals surface area contributed by atoms with Gasteiger partial charge in [0.25, 0.3) is 5.91 Å². The van der Waals surface area contributed by atoms with E-state index in [1.165, 1.54) is 4.90 Å². The number of carbonyl (C=O) groups is 1. The Hall–Kier alpha value is -1.72. The molecule has 0 spiro atoms. The van der Waals surface area contributed by atoms with Gasteiger partial charge in [0.15, 0.2) is 0 Å². The summed E-state index contributed by atoms with van der Waals surface area (Å²) < 4.78 is -0.110. The van der Waals surface area contributed by atoms with E-state index in [0.717, 1.165) is 16.7 Å². The Morgan fingerprint density at radius 3 is 2.79 bits per heavy atom. The molecule has 0 aliphatic rings. The molecule has 4 nitrogen and oxygen atoms in total. The maximum absolute atomic E-state index is 12.2. The van der Waals surface area contributed by atoms with Crippen LogP contribution in [0.25, 0.3) is 10.8 Å². The van der Waals surface area contributed by atoms with Crippen LogP contribution in [0.3, 0.4) is 0 Å². The maximum Gasteiger partial charge on any atom is 0.264 e. The molecule has 100 valence electrons. The average Bonchev–Trinajstić information content (AvgIpc) is 2.44. The summed E-state index contributed by atoms with van der Waals surface area (Å²) in [7, 11) is 0. The molecular formula is C14H15NO3S. The van der Waals surface area contributed by atoms with Crippen LogP contribution in [-0.4, -0.2) is 35.6 Å². The number of rotatable bonds is 4. The lowest BCUT2D eigenvalue weighted by atomic mass is 10.2. The summed E-state index contributed by atoms with van der Waals surface area (Å²) in [5.41, 5.74) is 0. The molecule has 1 N–H and O–H groups in total. The minimum absolute atomic E-state index is 0.0813. The van der Waals surface area contributed by atoms with E-state index in [4.69, 9.17) is 5.11 Å². The first kappa shape index (κ1) is 13.7. The molecule has 19 heavy (non-hydrogen) atoms. The fourth-order valence-electron chi connectivity index (χ4n) is 1.92. The van der Waals surface area contributed by atoms with Gasteiger partial charge in [-0.05, 0) is 24.4 Å². The molecule has 1 amide bonds. The topological polar surface area (TPSA) is 57.6 Å². The molecule has 5 heteroatoms. The van der Waals surface area contributed by atoms with Gasteiger partial charge in [0.2, 0.25) is 4.74 Å². The summed E-state index contributed by atoms with van der Waals surface area (Å²) in [6.45, 7) is 2.55. The summed E-state index contributed by atoms with van der Waals surface area (Å²) in [6.07, 6.45) is 0. The van der Waals surface area contributed by atoms with E-state index >= 15 is 0 Å². The molecule has 0 fully saturated rings. The van der Waals surface area contributed by atoms with Gasteiger partial charge in [-0.3, -0.25) is 9.59 Å². The Morgan fingerprint density at radius 2 is 2.11 bits per heavy atom. The summed E-state index contributed by atoms with van der Waals surface area (Å²) in [5.74, 6) is -0.204. The van der Waals surface area contributed by atoms with Gasteiger partial charge in [0.1, 0.15) is 0 Å². The number of hydrogen-bond donors (Lipinski definition) is 1. The van der Waals surface area contributed by atoms with Crippen molar-refractivity contribution in [2.45, 2.75) is 6.92 Å². The third-order valence-corrected chi connectivity index (χ3v) is 3.84. The molecule has 0 saturated carbocycles. The predicted octanol–water partition coefficient (Wildman–Crippen LogP) is 1.72. The van der Waals surface area contributed by atoms with Crippen molar-refractivity contribution in [3.05, 3.63) is 44.7 Å². The number of likely N-dealkylation sites (N-methyl/N-ethyl adjacent to an activating group) is 1. The predicted molar refractivity (Wildman–Crippen MR) is 76.8 cm³/mol. The summed E-state index contributed by atoms with van der Waals surface area (Å²) in [4.78, 5) is 26.2. The Labute approximate surface area is 114 Å². The fourth-order valence-corrected chi connectivity index (χ4v) is 2.82. The van der Waals surface area contributed by atoms with Crippen molar-refractivity contribution in [3.8, 4) is 0 Å². The zero-order valence-corrected chi connectivity index (χ0v) is 11.4. The highest BCUT2D eigenvalue weighted by atomic mass is 32.1. The van der Waals surface area contributed by atoms with Crippen molar-refractivity contribution in [3.63, 3.8) is 0 Å². The third-order valence-electron chi connectivity index (χ3n) is 2.92. The Balaban J connectivity index is 2.45. The van der Waals surface area contributed by atoms with Crippen molar-refractivity contribution in [1.82, 2.24) is 4.90 Å². The van der Waals surface area contributed by atoms with E-state index in [-0.39, 0.29) is 23.8 Å². The molecule has 0 aliphatic heterocycles. The molecule has 1 aromatic carbocycles. The molecule has 0 saturated heterocycles. The molecule has 0 radical (unpaired) electrons. The van der Waals surface area contributed by atoms with E-state index in [1.807, 2.05) is 25.1 Å². The van der Waals surface area contributed by atoms with Gasteiger partial charge >= 0.3 is 0 Å².